The molecule has 0 saturated carbocycles. The highest BCUT2D eigenvalue weighted by molar-refractivity contribution is 5.95. The molecular formula is C18H17N5O2. The highest BCUT2D eigenvalue weighted by Crippen LogP contribution is 2.63. The Kier molecular flexibility index (Phi) is 3.17. The van der Waals surface area contributed by atoms with Crippen LogP contribution < -0.4 is 11.1 Å². The Morgan fingerprint density at radius 2 is 1.88 bits per heavy atom. The number of amidine groups is 1. The Labute approximate surface area is 145 Å². The van der Waals surface area contributed by atoms with Gasteiger partial charge in [0.15, 0.2) is 10.8 Å². The molecule has 7 nitrogen and oxygen atoms in total. The maximum atomic E-state index is 10.2. The van der Waals surface area contributed by atoms with Gasteiger partial charge in [-0.3, -0.25) is 0 Å². The number of aliphatic imine (C=N–C) groups is 1. The fourth-order valence-corrected chi connectivity index (χ4v) is 4.14. The summed E-state index contributed by atoms with van der Waals surface area (Å²) in [6, 6.07) is 13.5. The third-order valence-corrected chi connectivity index (χ3v) is 5.19. The SMILES string of the molecule is CC1=C[C@@]2(C#N)C3(N=C(N)[C@@]2(C#N)[C@H](c2ccccc2)N1)OCCO3. The number of rotatable bonds is 1. The van der Waals surface area contributed by atoms with E-state index in [9.17, 15) is 10.5 Å². The topological polar surface area (TPSA) is 116 Å². The number of nitrogens with two attached hydrogens (primary N) is 1. The summed E-state index contributed by atoms with van der Waals surface area (Å²) in [5, 5.41) is 23.8. The normalized spacial score (nSPS) is 35.1. The van der Waals surface area contributed by atoms with Gasteiger partial charge in [-0.15, -0.1) is 0 Å². The maximum absolute atomic E-state index is 10.2. The van der Waals surface area contributed by atoms with Crippen LogP contribution in [0.2, 0.25) is 0 Å². The molecule has 126 valence electrons. The molecule has 3 heterocycles. The van der Waals surface area contributed by atoms with Crippen LogP contribution in [0.1, 0.15) is 18.5 Å². The Hall–Kier alpha value is -2.87. The summed E-state index contributed by atoms with van der Waals surface area (Å²) in [6.07, 6.45) is 1.67. The first-order valence-electron chi connectivity index (χ1n) is 8.02. The molecule has 0 radical (unpaired) electrons. The molecule has 4 rings (SSSR count). The van der Waals surface area contributed by atoms with E-state index >= 15 is 0 Å². The molecule has 0 bridgehead atoms. The second kappa shape index (κ2) is 5.06. The first-order valence-corrected chi connectivity index (χ1v) is 8.02. The van der Waals surface area contributed by atoms with Crippen molar-refractivity contribution in [3.05, 3.63) is 47.7 Å². The van der Waals surface area contributed by atoms with Crippen molar-refractivity contribution in [2.75, 3.05) is 13.2 Å². The summed E-state index contributed by atoms with van der Waals surface area (Å²) in [6.45, 7) is 2.42. The first kappa shape index (κ1) is 15.6. The molecule has 1 fully saturated rings. The van der Waals surface area contributed by atoms with Gasteiger partial charge < -0.3 is 20.5 Å². The smallest absolute Gasteiger partial charge is 0.296 e. The van der Waals surface area contributed by atoms with Crippen molar-refractivity contribution in [3.63, 3.8) is 0 Å². The van der Waals surface area contributed by atoms with Crippen molar-refractivity contribution in [2.24, 2.45) is 21.6 Å². The maximum Gasteiger partial charge on any atom is 0.296 e. The quantitative estimate of drug-likeness (QED) is 0.799. The fourth-order valence-electron chi connectivity index (χ4n) is 4.14. The second-order valence-corrected chi connectivity index (χ2v) is 6.43. The molecule has 0 aromatic heterocycles. The number of hydrogen-bond acceptors (Lipinski definition) is 7. The molecule has 25 heavy (non-hydrogen) atoms. The molecule has 1 aromatic carbocycles. The minimum Gasteiger partial charge on any atom is -0.386 e. The predicted molar refractivity (Wildman–Crippen MR) is 88.4 cm³/mol. The molecular weight excluding hydrogens is 318 g/mol. The zero-order valence-corrected chi connectivity index (χ0v) is 13.7. The van der Waals surface area contributed by atoms with Gasteiger partial charge in [0, 0.05) is 5.70 Å². The summed E-state index contributed by atoms with van der Waals surface area (Å²) in [5.74, 6) is -1.54. The van der Waals surface area contributed by atoms with Crippen LogP contribution in [-0.4, -0.2) is 25.0 Å². The zero-order chi connectivity index (χ0) is 17.7. The van der Waals surface area contributed by atoms with Gasteiger partial charge in [-0.2, -0.15) is 10.5 Å². The molecule has 3 N–H and O–H groups in total. The Morgan fingerprint density at radius 3 is 2.48 bits per heavy atom. The van der Waals surface area contributed by atoms with Crippen molar-refractivity contribution < 1.29 is 9.47 Å². The Bertz CT molecular complexity index is 860. The zero-order valence-electron chi connectivity index (χ0n) is 13.7. The van der Waals surface area contributed by atoms with Gasteiger partial charge in [0.1, 0.15) is 5.84 Å². The molecule has 0 amide bonds. The molecule has 7 heteroatoms. The average molecular weight is 335 g/mol. The molecule has 3 aliphatic heterocycles. The largest absolute Gasteiger partial charge is 0.386 e. The van der Waals surface area contributed by atoms with Crippen LogP contribution in [0.4, 0.5) is 0 Å². The van der Waals surface area contributed by atoms with Gasteiger partial charge in [-0.1, -0.05) is 30.3 Å². The second-order valence-electron chi connectivity index (χ2n) is 6.43. The molecule has 3 atom stereocenters. The van der Waals surface area contributed by atoms with Crippen LogP contribution in [0.5, 0.6) is 0 Å². The first-order chi connectivity index (χ1) is 12.1. The van der Waals surface area contributed by atoms with Crippen LogP contribution in [-0.2, 0) is 9.47 Å². The van der Waals surface area contributed by atoms with E-state index in [2.05, 4.69) is 22.4 Å². The lowest BCUT2D eigenvalue weighted by Gasteiger charge is -2.47. The van der Waals surface area contributed by atoms with Gasteiger partial charge in [-0.05, 0) is 18.6 Å². The molecule has 1 spiro atoms. The van der Waals surface area contributed by atoms with E-state index in [-0.39, 0.29) is 19.0 Å². The molecule has 0 aliphatic carbocycles. The van der Waals surface area contributed by atoms with Crippen molar-refractivity contribution >= 4 is 5.84 Å². The van der Waals surface area contributed by atoms with E-state index in [1.54, 1.807) is 6.08 Å². The number of nitriles is 2. The summed E-state index contributed by atoms with van der Waals surface area (Å²) in [5.41, 5.74) is 4.92. The molecule has 3 aliphatic rings. The highest BCUT2D eigenvalue weighted by atomic mass is 16.8. The fraction of sp³-hybridized carbons (Fsp3) is 0.389. The van der Waals surface area contributed by atoms with Gasteiger partial charge in [-0.25, -0.2) is 4.99 Å². The van der Waals surface area contributed by atoms with Crippen LogP contribution in [0, 0.1) is 33.5 Å². The third-order valence-electron chi connectivity index (χ3n) is 5.19. The standard InChI is InChI=1S/C18H17N5O2/c1-12-9-16(10-19)17(11-20,14(22-12)13-5-3-2-4-6-13)15(21)23-18(16)24-7-8-25-18/h2-6,9,14,22H,7-8H2,1H3,(H2,21,23)/t14-,16-,17+/m0/s1. The summed E-state index contributed by atoms with van der Waals surface area (Å²) in [4.78, 5) is 4.38. The van der Waals surface area contributed by atoms with Crippen LogP contribution >= 0.6 is 0 Å². The lowest BCUT2D eigenvalue weighted by Crippen LogP contribution is -2.61. The van der Waals surface area contributed by atoms with E-state index in [0.717, 1.165) is 11.3 Å². The molecule has 1 aromatic rings. The van der Waals surface area contributed by atoms with Gasteiger partial charge in [0.2, 0.25) is 0 Å². The Morgan fingerprint density at radius 1 is 1.20 bits per heavy atom. The minimum atomic E-state index is -1.59. The van der Waals surface area contributed by atoms with Crippen molar-refractivity contribution in [2.45, 2.75) is 18.9 Å². The Balaban J connectivity index is 2.03. The van der Waals surface area contributed by atoms with Crippen molar-refractivity contribution in [1.29, 1.82) is 10.5 Å². The van der Waals surface area contributed by atoms with Gasteiger partial charge in [0.05, 0.1) is 31.4 Å². The van der Waals surface area contributed by atoms with E-state index < -0.39 is 22.8 Å². The number of nitrogens with zero attached hydrogens (tertiary/aromatic N) is 3. The van der Waals surface area contributed by atoms with Gasteiger partial charge >= 0.3 is 0 Å². The van der Waals surface area contributed by atoms with Crippen LogP contribution in [0.3, 0.4) is 0 Å². The number of fused-ring (bicyclic) bond motifs is 2. The lowest BCUT2D eigenvalue weighted by atomic mass is 9.57. The number of ether oxygens (including phenoxy) is 2. The molecule has 0 unspecified atom stereocenters. The predicted octanol–water partition coefficient (Wildman–Crippen LogP) is 1.33. The van der Waals surface area contributed by atoms with E-state index in [1.165, 1.54) is 0 Å². The summed E-state index contributed by atoms with van der Waals surface area (Å²) >= 11 is 0. The van der Waals surface area contributed by atoms with Crippen LogP contribution in [0.25, 0.3) is 0 Å². The van der Waals surface area contributed by atoms with E-state index in [0.29, 0.717) is 0 Å². The third kappa shape index (κ3) is 1.67. The highest BCUT2D eigenvalue weighted by Gasteiger charge is 2.77. The summed E-state index contributed by atoms with van der Waals surface area (Å²) < 4.78 is 11.5. The number of nitrogens with one attached hydrogen (secondary N) is 1. The van der Waals surface area contributed by atoms with Crippen molar-refractivity contribution in [3.8, 4) is 12.1 Å². The molecule has 1 saturated heterocycles. The van der Waals surface area contributed by atoms with E-state index in [4.69, 9.17) is 15.2 Å². The lowest BCUT2D eigenvalue weighted by molar-refractivity contribution is -0.208. The monoisotopic (exact) mass is 335 g/mol. The van der Waals surface area contributed by atoms with E-state index in [1.807, 2.05) is 37.3 Å². The van der Waals surface area contributed by atoms with Crippen LogP contribution in [0.15, 0.2) is 47.1 Å². The average Bonchev–Trinajstić information content (AvgIpc) is 3.18. The van der Waals surface area contributed by atoms with Crippen molar-refractivity contribution in [1.82, 2.24) is 5.32 Å². The summed E-state index contributed by atoms with van der Waals surface area (Å²) in [7, 11) is 0. The number of benzene rings is 1. The number of allylic oxidation sites excluding steroid dienone is 1. The van der Waals surface area contributed by atoms with Gasteiger partial charge in [0.25, 0.3) is 5.91 Å². The minimum absolute atomic E-state index is 0.0450. The number of hydrogen-bond donors (Lipinski definition) is 2.